The maximum absolute atomic E-state index is 12.8. The summed E-state index contributed by atoms with van der Waals surface area (Å²) in [6.07, 6.45) is -3.73. The first-order valence-electron chi connectivity index (χ1n) is 8.02. The van der Waals surface area contributed by atoms with E-state index in [2.05, 4.69) is 11.1 Å². The van der Waals surface area contributed by atoms with Crippen LogP contribution in [-0.4, -0.2) is 23.6 Å². The van der Waals surface area contributed by atoms with Crippen molar-refractivity contribution in [2.24, 2.45) is 0 Å². The molecule has 3 rings (SSSR count). The van der Waals surface area contributed by atoms with Crippen LogP contribution in [0.15, 0.2) is 35.8 Å². The Bertz CT molecular complexity index is 914. The zero-order valence-corrected chi connectivity index (χ0v) is 14.5. The Kier molecular flexibility index (Phi) is 4.09. The Labute approximate surface area is 145 Å². The third kappa shape index (κ3) is 3.13. The second kappa shape index (κ2) is 5.86. The van der Waals surface area contributed by atoms with Crippen molar-refractivity contribution in [2.75, 3.05) is 0 Å². The number of benzene rings is 1. The minimum atomic E-state index is -4.65. The number of pyridine rings is 1. The van der Waals surface area contributed by atoms with E-state index in [1.165, 1.54) is 0 Å². The minimum absolute atomic E-state index is 0.370. The van der Waals surface area contributed by atoms with Crippen LogP contribution >= 0.6 is 0 Å². The molecule has 1 aromatic heterocycles. The molecule has 0 radical (unpaired) electrons. The molecule has 25 heavy (non-hydrogen) atoms. The topological polar surface area (TPSA) is 36.7 Å². The Morgan fingerprint density at radius 3 is 2.44 bits per heavy atom. The van der Waals surface area contributed by atoms with Gasteiger partial charge in [0, 0.05) is 11.3 Å². The van der Waals surface area contributed by atoms with Gasteiger partial charge in [0.2, 0.25) is 0 Å². The van der Waals surface area contributed by atoms with Crippen molar-refractivity contribution in [3.05, 3.63) is 52.6 Å². The van der Waals surface area contributed by atoms with E-state index < -0.39 is 11.9 Å². The van der Waals surface area contributed by atoms with Crippen LogP contribution in [0.1, 0.15) is 23.7 Å². The molecule has 0 atom stereocenters. The quantitative estimate of drug-likeness (QED) is 0.656. The Hall–Kier alpha value is -2.37. The van der Waals surface area contributed by atoms with Crippen LogP contribution in [0.25, 0.3) is 11.1 Å². The summed E-state index contributed by atoms with van der Waals surface area (Å²) in [7, 11) is 0. The van der Waals surface area contributed by atoms with E-state index in [4.69, 9.17) is 5.41 Å². The molecule has 1 aromatic carbocycles. The molecule has 0 unspecified atom stereocenters. The van der Waals surface area contributed by atoms with Gasteiger partial charge in [-0.05, 0) is 50.1 Å². The molecular weight excluding hydrogens is 324 g/mol. The number of aromatic nitrogens is 1. The molecular formula is C19H18BF3N2. The number of fused-ring (bicyclic) bond motifs is 4. The fourth-order valence-corrected chi connectivity index (χ4v) is 3.60. The van der Waals surface area contributed by atoms with Gasteiger partial charge in [0.1, 0.15) is 5.71 Å². The highest BCUT2D eigenvalue weighted by Gasteiger charge is 2.36. The average Bonchev–Trinajstić information content (AvgIpc) is 2.47. The van der Waals surface area contributed by atoms with E-state index in [0.29, 0.717) is 5.47 Å². The standard InChI is InChI=1S/C19H18BF3N2/c1-10-5-11(2)18-15(6-10)14-8-13(4)25-17(9-14)20(18)12(3)7-16(24)19(21,22)23/h5-9,24H,1-4H3/b12-7+,24-16?. The molecule has 0 saturated carbocycles. The zero-order valence-electron chi connectivity index (χ0n) is 14.5. The SMILES string of the molecule is C/C(=C\C(=N)C(F)(F)F)B1c2cc(cc(C)n2)-c2cc(C)cc(C)c21. The number of hydrogen-bond acceptors (Lipinski definition) is 2. The van der Waals surface area contributed by atoms with Gasteiger partial charge in [-0.3, -0.25) is 10.4 Å². The smallest absolute Gasteiger partial charge is 0.297 e. The van der Waals surface area contributed by atoms with E-state index in [1.54, 1.807) is 6.92 Å². The molecule has 2 nitrogen and oxygen atoms in total. The van der Waals surface area contributed by atoms with Crippen LogP contribution in [-0.2, 0) is 0 Å². The molecule has 0 saturated heterocycles. The summed E-state index contributed by atoms with van der Waals surface area (Å²) >= 11 is 0. The van der Waals surface area contributed by atoms with Crippen molar-refractivity contribution >= 4 is 23.5 Å². The maximum atomic E-state index is 12.8. The van der Waals surface area contributed by atoms with E-state index in [9.17, 15) is 13.2 Å². The van der Waals surface area contributed by atoms with Gasteiger partial charge in [0.05, 0.1) is 0 Å². The molecule has 1 aliphatic rings. The van der Waals surface area contributed by atoms with Crippen LogP contribution < -0.4 is 11.1 Å². The fourth-order valence-electron chi connectivity index (χ4n) is 3.60. The summed E-state index contributed by atoms with van der Waals surface area (Å²) < 4.78 is 38.4. The lowest BCUT2D eigenvalue weighted by Crippen LogP contribution is -2.50. The van der Waals surface area contributed by atoms with Gasteiger partial charge >= 0.3 is 6.18 Å². The maximum Gasteiger partial charge on any atom is 0.432 e. The van der Waals surface area contributed by atoms with E-state index in [0.717, 1.165) is 45.1 Å². The molecule has 1 aliphatic heterocycles. The van der Waals surface area contributed by atoms with Crippen molar-refractivity contribution in [3.63, 3.8) is 0 Å². The number of halogens is 3. The van der Waals surface area contributed by atoms with Gasteiger partial charge in [-0.2, -0.15) is 13.2 Å². The number of hydrogen-bond donors (Lipinski definition) is 1. The predicted molar refractivity (Wildman–Crippen MR) is 96.4 cm³/mol. The largest absolute Gasteiger partial charge is 0.432 e. The third-order valence-electron chi connectivity index (χ3n) is 4.53. The highest BCUT2D eigenvalue weighted by Crippen LogP contribution is 2.27. The first kappa shape index (κ1) is 17.5. The molecule has 2 aromatic rings. The molecule has 0 amide bonds. The van der Waals surface area contributed by atoms with Gasteiger partial charge in [-0.25, -0.2) is 0 Å². The highest BCUT2D eigenvalue weighted by molar-refractivity contribution is 6.92. The fraction of sp³-hybridized carbons (Fsp3) is 0.263. The molecule has 2 heterocycles. The minimum Gasteiger partial charge on any atom is -0.297 e. The van der Waals surface area contributed by atoms with Crippen LogP contribution in [0.2, 0.25) is 0 Å². The molecule has 2 bridgehead atoms. The van der Waals surface area contributed by atoms with Crippen molar-refractivity contribution < 1.29 is 13.2 Å². The molecule has 0 spiro atoms. The van der Waals surface area contributed by atoms with Crippen LogP contribution in [0.3, 0.4) is 0 Å². The highest BCUT2D eigenvalue weighted by atomic mass is 19.4. The molecule has 6 heteroatoms. The summed E-state index contributed by atoms with van der Waals surface area (Å²) in [6.45, 7) is 7.14. The number of nitrogens with one attached hydrogen (secondary N) is 1. The number of allylic oxidation sites excluding steroid dienone is 2. The Balaban J connectivity index is 2.24. The molecule has 128 valence electrons. The first-order chi connectivity index (χ1) is 11.6. The van der Waals surface area contributed by atoms with Gasteiger partial charge in [-0.1, -0.05) is 41.1 Å². The van der Waals surface area contributed by atoms with E-state index >= 15 is 0 Å². The zero-order chi connectivity index (χ0) is 18.5. The molecule has 1 N–H and O–H groups in total. The second-order valence-corrected chi connectivity index (χ2v) is 6.70. The summed E-state index contributed by atoms with van der Waals surface area (Å²) in [6, 6.07) is 8.03. The Morgan fingerprint density at radius 1 is 1.12 bits per heavy atom. The number of nitrogens with zero attached hydrogens (tertiary/aromatic N) is 1. The summed E-state index contributed by atoms with van der Waals surface area (Å²) in [5.74, 6) is 0. The first-order valence-corrected chi connectivity index (χ1v) is 8.02. The van der Waals surface area contributed by atoms with Gasteiger partial charge in [-0.15, -0.1) is 0 Å². The summed E-state index contributed by atoms with van der Waals surface area (Å²) in [5, 5.41) is 7.31. The number of rotatable bonds is 2. The summed E-state index contributed by atoms with van der Waals surface area (Å²) in [5.41, 5.74) is 5.89. The molecule has 0 aliphatic carbocycles. The monoisotopic (exact) mass is 342 g/mol. The Morgan fingerprint density at radius 2 is 1.80 bits per heavy atom. The van der Waals surface area contributed by atoms with E-state index in [-0.39, 0.29) is 6.71 Å². The average molecular weight is 342 g/mol. The number of alkyl halides is 3. The van der Waals surface area contributed by atoms with Crippen molar-refractivity contribution in [3.8, 4) is 11.1 Å². The predicted octanol–water partition coefficient (Wildman–Crippen LogP) is 3.66. The second-order valence-electron chi connectivity index (χ2n) is 6.70. The van der Waals surface area contributed by atoms with E-state index in [1.807, 2.05) is 39.0 Å². The van der Waals surface area contributed by atoms with Gasteiger partial charge in [0.15, 0.2) is 0 Å². The van der Waals surface area contributed by atoms with Gasteiger partial charge < -0.3 is 0 Å². The van der Waals surface area contributed by atoms with Crippen LogP contribution in [0, 0.1) is 26.2 Å². The van der Waals surface area contributed by atoms with Crippen LogP contribution in [0.5, 0.6) is 0 Å². The van der Waals surface area contributed by atoms with Crippen LogP contribution in [0.4, 0.5) is 13.2 Å². The lowest BCUT2D eigenvalue weighted by atomic mass is 9.35. The van der Waals surface area contributed by atoms with Crippen molar-refractivity contribution in [2.45, 2.75) is 33.9 Å². The lowest BCUT2D eigenvalue weighted by molar-refractivity contribution is -0.0584. The lowest BCUT2D eigenvalue weighted by Gasteiger charge is -2.27. The normalized spacial score (nSPS) is 13.7. The van der Waals surface area contributed by atoms with Gasteiger partial charge in [0.25, 0.3) is 6.71 Å². The van der Waals surface area contributed by atoms with Crippen molar-refractivity contribution in [1.29, 1.82) is 5.41 Å². The molecule has 0 fully saturated rings. The van der Waals surface area contributed by atoms with Crippen molar-refractivity contribution in [1.82, 2.24) is 4.98 Å². The third-order valence-corrected chi connectivity index (χ3v) is 4.53. The summed E-state index contributed by atoms with van der Waals surface area (Å²) in [4.78, 5) is 4.55. The number of aryl methyl sites for hydroxylation is 3.